The van der Waals surface area contributed by atoms with E-state index in [1.165, 1.54) is 6.33 Å². The standard InChI is InChI=1S/C25H27N7O3/c1-15-9-16(5-8-21(15)35-17-6-7-20-18(10-17)29-14-32(20)4)30-23-22-19(27-13-28-23)11-26-24(31-22)34-12-25(2,3)33/h5-11,13,29,33H,12,14H2,1-4H3,(H,27,28,30). The van der Waals surface area contributed by atoms with Gasteiger partial charge in [-0.25, -0.2) is 15.0 Å². The lowest BCUT2D eigenvalue weighted by molar-refractivity contribution is 0.0251. The second-order valence-corrected chi connectivity index (χ2v) is 9.13. The van der Waals surface area contributed by atoms with Crippen molar-refractivity contribution in [1.82, 2.24) is 19.9 Å². The van der Waals surface area contributed by atoms with E-state index < -0.39 is 5.60 Å². The number of hydrogen-bond donors (Lipinski definition) is 3. The van der Waals surface area contributed by atoms with Gasteiger partial charge in [0.15, 0.2) is 5.82 Å². The van der Waals surface area contributed by atoms with Crippen molar-refractivity contribution in [3.8, 4) is 17.5 Å². The molecule has 3 heterocycles. The molecule has 0 fully saturated rings. The van der Waals surface area contributed by atoms with Gasteiger partial charge in [-0.1, -0.05) is 0 Å². The van der Waals surface area contributed by atoms with Crippen LogP contribution in [0.1, 0.15) is 19.4 Å². The number of benzene rings is 2. The van der Waals surface area contributed by atoms with E-state index in [0.29, 0.717) is 16.9 Å². The summed E-state index contributed by atoms with van der Waals surface area (Å²) in [7, 11) is 2.05. The Morgan fingerprint density at radius 2 is 2.00 bits per heavy atom. The number of hydrogen-bond acceptors (Lipinski definition) is 10. The third-order valence-electron chi connectivity index (χ3n) is 5.46. The van der Waals surface area contributed by atoms with Crippen molar-refractivity contribution >= 4 is 33.9 Å². The van der Waals surface area contributed by atoms with Gasteiger partial charge in [0.2, 0.25) is 0 Å². The smallest absolute Gasteiger partial charge is 0.317 e. The van der Waals surface area contributed by atoms with Crippen molar-refractivity contribution in [3.63, 3.8) is 0 Å². The molecule has 1 aliphatic rings. The Labute approximate surface area is 203 Å². The predicted octanol–water partition coefficient (Wildman–Crippen LogP) is 4.23. The van der Waals surface area contributed by atoms with Crippen LogP contribution >= 0.6 is 0 Å². The average Bonchev–Trinajstić information content (AvgIpc) is 3.19. The molecule has 0 radical (unpaired) electrons. The highest BCUT2D eigenvalue weighted by molar-refractivity contribution is 5.86. The van der Waals surface area contributed by atoms with Crippen LogP contribution in [-0.2, 0) is 0 Å². The molecular weight excluding hydrogens is 446 g/mol. The van der Waals surface area contributed by atoms with Gasteiger partial charge in [-0.15, -0.1) is 0 Å². The summed E-state index contributed by atoms with van der Waals surface area (Å²) in [4.78, 5) is 19.3. The third-order valence-corrected chi connectivity index (χ3v) is 5.46. The minimum absolute atomic E-state index is 0.0621. The highest BCUT2D eigenvalue weighted by Crippen LogP contribution is 2.36. The summed E-state index contributed by atoms with van der Waals surface area (Å²) in [5.74, 6) is 2.05. The number of ether oxygens (including phenoxy) is 2. The van der Waals surface area contributed by atoms with E-state index in [2.05, 4.69) is 41.5 Å². The van der Waals surface area contributed by atoms with Gasteiger partial charge in [-0.2, -0.15) is 4.98 Å². The summed E-state index contributed by atoms with van der Waals surface area (Å²) < 4.78 is 11.7. The topological polar surface area (TPSA) is 118 Å². The fraction of sp³-hybridized carbons (Fsp3) is 0.280. The summed E-state index contributed by atoms with van der Waals surface area (Å²) >= 11 is 0. The largest absolute Gasteiger partial charge is 0.460 e. The van der Waals surface area contributed by atoms with Gasteiger partial charge >= 0.3 is 6.01 Å². The van der Waals surface area contributed by atoms with Gasteiger partial charge in [-0.05, 0) is 56.7 Å². The van der Waals surface area contributed by atoms with Crippen LogP contribution in [0.4, 0.5) is 22.9 Å². The van der Waals surface area contributed by atoms with E-state index in [9.17, 15) is 5.11 Å². The Kier molecular flexibility index (Phi) is 5.73. The molecular formula is C25H27N7O3. The van der Waals surface area contributed by atoms with Crippen LogP contribution in [0.5, 0.6) is 17.5 Å². The first kappa shape index (κ1) is 22.6. The molecule has 4 aromatic rings. The number of aryl methyl sites for hydroxylation is 1. The van der Waals surface area contributed by atoms with Gasteiger partial charge in [0.1, 0.15) is 35.5 Å². The van der Waals surface area contributed by atoms with Gasteiger partial charge < -0.3 is 30.1 Å². The van der Waals surface area contributed by atoms with Gasteiger partial charge in [0.05, 0.1) is 29.8 Å². The summed E-state index contributed by atoms with van der Waals surface area (Å²) in [6, 6.07) is 12.0. The molecule has 3 N–H and O–H groups in total. The molecule has 2 aromatic heterocycles. The maximum atomic E-state index is 9.90. The van der Waals surface area contributed by atoms with E-state index >= 15 is 0 Å². The maximum absolute atomic E-state index is 9.90. The minimum atomic E-state index is -0.999. The minimum Gasteiger partial charge on any atom is -0.460 e. The Balaban J connectivity index is 1.35. The predicted molar refractivity (Wildman–Crippen MR) is 135 cm³/mol. The quantitative estimate of drug-likeness (QED) is 0.360. The maximum Gasteiger partial charge on any atom is 0.317 e. The van der Waals surface area contributed by atoms with Crippen LogP contribution in [0.25, 0.3) is 11.0 Å². The highest BCUT2D eigenvalue weighted by atomic mass is 16.5. The second kappa shape index (κ2) is 8.88. The number of nitrogens with zero attached hydrogens (tertiary/aromatic N) is 5. The molecule has 10 heteroatoms. The molecule has 0 unspecified atom stereocenters. The first-order valence-corrected chi connectivity index (χ1v) is 11.2. The molecule has 10 nitrogen and oxygen atoms in total. The summed E-state index contributed by atoms with van der Waals surface area (Å²) in [5, 5.41) is 16.6. The van der Waals surface area contributed by atoms with Crippen LogP contribution < -0.4 is 25.0 Å². The fourth-order valence-electron chi connectivity index (χ4n) is 3.69. The van der Waals surface area contributed by atoms with E-state index in [-0.39, 0.29) is 12.6 Å². The lowest BCUT2D eigenvalue weighted by Crippen LogP contribution is -2.28. The summed E-state index contributed by atoms with van der Waals surface area (Å²) in [5.41, 5.74) is 4.09. The molecule has 35 heavy (non-hydrogen) atoms. The number of aromatic nitrogens is 4. The van der Waals surface area contributed by atoms with Crippen LogP contribution in [-0.4, -0.2) is 51.0 Å². The van der Waals surface area contributed by atoms with Crippen LogP contribution in [0, 0.1) is 6.92 Å². The average molecular weight is 474 g/mol. The van der Waals surface area contributed by atoms with E-state index in [1.807, 2.05) is 44.3 Å². The number of nitrogens with one attached hydrogen (secondary N) is 2. The normalized spacial score (nSPS) is 12.9. The molecule has 180 valence electrons. The molecule has 0 saturated carbocycles. The summed E-state index contributed by atoms with van der Waals surface area (Å²) in [6.45, 7) is 6.14. The Morgan fingerprint density at radius 1 is 1.14 bits per heavy atom. The van der Waals surface area contributed by atoms with Gasteiger partial charge in [-0.3, -0.25) is 0 Å². The van der Waals surface area contributed by atoms with Gasteiger partial charge in [0, 0.05) is 18.8 Å². The third kappa shape index (κ3) is 5.02. The van der Waals surface area contributed by atoms with Crippen LogP contribution in [0.15, 0.2) is 48.9 Å². The molecule has 2 aromatic carbocycles. The second-order valence-electron chi connectivity index (χ2n) is 9.13. The number of fused-ring (bicyclic) bond motifs is 2. The first-order valence-electron chi connectivity index (χ1n) is 11.2. The fourth-order valence-corrected chi connectivity index (χ4v) is 3.69. The van der Waals surface area contributed by atoms with Gasteiger partial charge in [0.25, 0.3) is 0 Å². The highest BCUT2D eigenvalue weighted by Gasteiger charge is 2.17. The lowest BCUT2D eigenvalue weighted by atomic mass is 10.2. The molecule has 0 amide bonds. The monoisotopic (exact) mass is 473 g/mol. The van der Waals surface area contributed by atoms with Crippen molar-refractivity contribution in [1.29, 1.82) is 0 Å². The number of anilines is 4. The van der Waals surface area contributed by atoms with Crippen molar-refractivity contribution < 1.29 is 14.6 Å². The van der Waals surface area contributed by atoms with Crippen LogP contribution in [0.2, 0.25) is 0 Å². The van der Waals surface area contributed by atoms with Crippen molar-refractivity contribution in [3.05, 3.63) is 54.5 Å². The summed E-state index contributed by atoms with van der Waals surface area (Å²) in [6.07, 6.45) is 3.02. The Hall–Kier alpha value is -4.18. The molecule has 0 spiro atoms. The molecule has 0 bridgehead atoms. The Bertz CT molecular complexity index is 1390. The molecule has 5 rings (SSSR count). The van der Waals surface area contributed by atoms with Crippen molar-refractivity contribution in [2.24, 2.45) is 0 Å². The molecule has 0 saturated heterocycles. The number of aliphatic hydroxyl groups is 1. The van der Waals surface area contributed by atoms with E-state index in [4.69, 9.17) is 9.47 Å². The van der Waals surface area contributed by atoms with Crippen LogP contribution in [0.3, 0.4) is 0 Å². The lowest BCUT2D eigenvalue weighted by Gasteiger charge is -2.16. The zero-order valence-electron chi connectivity index (χ0n) is 20.0. The molecule has 0 atom stereocenters. The Morgan fingerprint density at radius 3 is 2.80 bits per heavy atom. The van der Waals surface area contributed by atoms with E-state index in [1.54, 1.807) is 20.0 Å². The SMILES string of the molecule is Cc1cc(Nc2ncnc3cnc(OCC(C)(C)O)nc23)ccc1Oc1ccc2c(c1)NCN2C. The van der Waals surface area contributed by atoms with Crippen molar-refractivity contribution in [2.75, 3.05) is 35.9 Å². The zero-order valence-corrected chi connectivity index (χ0v) is 20.0. The number of rotatable bonds is 7. The van der Waals surface area contributed by atoms with Crippen molar-refractivity contribution in [2.45, 2.75) is 26.4 Å². The van der Waals surface area contributed by atoms with E-state index in [0.717, 1.165) is 40.8 Å². The first-order chi connectivity index (χ1) is 16.7. The molecule has 0 aliphatic carbocycles. The zero-order chi connectivity index (χ0) is 24.6. The molecule has 1 aliphatic heterocycles.